The van der Waals surface area contributed by atoms with Crippen molar-refractivity contribution >= 4 is 17.5 Å². The van der Waals surface area contributed by atoms with E-state index < -0.39 is 11.7 Å². The van der Waals surface area contributed by atoms with Crippen LogP contribution in [-0.2, 0) is 11.3 Å². The standard InChI is InChI=1S/C25H23FN2O6/c1-28(13-16-3-9-21-23(11-16)34-15-33-21)25(30)17-4-10-20(22(12-17)31-2)32-14-24(29)27-19-7-5-18(26)6-8-19/h3-12H,13-15H2,1-2H3,(H,27,29). The number of nitrogens with zero attached hydrogens (tertiary/aromatic N) is 1. The lowest BCUT2D eigenvalue weighted by molar-refractivity contribution is -0.118. The number of methoxy groups -OCH3 is 1. The molecule has 1 aliphatic heterocycles. The molecule has 0 atom stereocenters. The average molecular weight is 466 g/mol. The molecule has 1 N–H and O–H groups in total. The van der Waals surface area contributed by atoms with E-state index in [0.717, 1.165) is 5.56 Å². The van der Waals surface area contributed by atoms with Crippen molar-refractivity contribution in [2.24, 2.45) is 0 Å². The number of halogens is 1. The minimum Gasteiger partial charge on any atom is -0.493 e. The monoisotopic (exact) mass is 466 g/mol. The summed E-state index contributed by atoms with van der Waals surface area (Å²) in [5.41, 5.74) is 1.76. The van der Waals surface area contributed by atoms with Gasteiger partial charge in [0, 0.05) is 24.8 Å². The second-order valence-corrected chi connectivity index (χ2v) is 7.56. The van der Waals surface area contributed by atoms with Crippen LogP contribution in [0.2, 0.25) is 0 Å². The van der Waals surface area contributed by atoms with Gasteiger partial charge in [-0.15, -0.1) is 0 Å². The number of carbonyl (C=O) groups is 2. The molecule has 0 unspecified atom stereocenters. The number of fused-ring (bicyclic) bond motifs is 1. The predicted molar refractivity (Wildman–Crippen MR) is 122 cm³/mol. The van der Waals surface area contributed by atoms with Gasteiger partial charge in [0.25, 0.3) is 11.8 Å². The quantitative estimate of drug-likeness (QED) is 0.543. The number of ether oxygens (including phenoxy) is 4. The maximum Gasteiger partial charge on any atom is 0.262 e. The minimum atomic E-state index is -0.419. The number of hydrogen-bond donors (Lipinski definition) is 1. The third-order valence-corrected chi connectivity index (χ3v) is 5.10. The van der Waals surface area contributed by atoms with E-state index in [1.807, 2.05) is 18.2 Å². The lowest BCUT2D eigenvalue weighted by Gasteiger charge is -2.19. The lowest BCUT2D eigenvalue weighted by Crippen LogP contribution is -2.26. The van der Waals surface area contributed by atoms with Crippen molar-refractivity contribution in [1.82, 2.24) is 4.90 Å². The molecule has 4 rings (SSSR count). The fourth-order valence-electron chi connectivity index (χ4n) is 3.40. The molecule has 0 fully saturated rings. The number of benzene rings is 3. The zero-order chi connectivity index (χ0) is 24.1. The van der Waals surface area contributed by atoms with Gasteiger partial charge in [-0.1, -0.05) is 6.07 Å². The average Bonchev–Trinajstić information content (AvgIpc) is 3.31. The Morgan fingerprint density at radius 2 is 1.76 bits per heavy atom. The number of amides is 2. The van der Waals surface area contributed by atoms with Gasteiger partial charge in [-0.25, -0.2) is 4.39 Å². The van der Waals surface area contributed by atoms with Gasteiger partial charge in [0.05, 0.1) is 7.11 Å². The third-order valence-electron chi connectivity index (χ3n) is 5.10. The molecule has 0 bridgehead atoms. The first-order valence-corrected chi connectivity index (χ1v) is 10.4. The molecule has 176 valence electrons. The molecule has 2 amide bonds. The van der Waals surface area contributed by atoms with E-state index in [4.69, 9.17) is 18.9 Å². The van der Waals surface area contributed by atoms with Crippen molar-refractivity contribution < 1.29 is 32.9 Å². The van der Waals surface area contributed by atoms with Crippen LogP contribution in [0.4, 0.5) is 10.1 Å². The van der Waals surface area contributed by atoms with Crippen LogP contribution in [0.1, 0.15) is 15.9 Å². The van der Waals surface area contributed by atoms with Gasteiger partial charge in [0.1, 0.15) is 5.82 Å². The maximum atomic E-state index is 13.0. The highest BCUT2D eigenvalue weighted by Crippen LogP contribution is 2.33. The number of rotatable bonds is 8. The normalized spacial score (nSPS) is 11.6. The molecule has 0 aliphatic carbocycles. The van der Waals surface area contributed by atoms with E-state index >= 15 is 0 Å². The Kier molecular flexibility index (Phi) is 6.82. The van der Waals surface area contributed by atoms with Gasteiger partial charge >= 0.3 is 0 Å². The summed E-state index contributed by atoms with van der Waals surface area (Å²) in [4.78, 5) is 26.6. The van der Waals surface area contributed by atoms with Crippen molar-refractivity contribution in [2.75, 3.05) is 32.9 Å². The number of hydrogen-bond acceptors (Lipinski definition) is 6. The molecule has 34 heavy (non-hydrogen) atoms. The van der Waals surface area contributed by atoms with Crippen LogP contribution < -0.4 is 24.3 Å². The van der Waals surface area contributed by atoms with Gasteiger partial charge in [0.2, 0.25) is 6.79 Å². The van der Waals surface area contributed by atoms with Crippen LogP contribution in [0, 0.1) is 5.82 Å². The molecule has 9 heteroatoms. The molecule has 0 saturated heterocycles. The molecule has 1 aliphatic rings. The molecular weight excluding hydrogens is 443 g/mol. The highest BCUT2D eigenvalue weighted by Gasteiger charge is 2.18. The molecule has 0 radical (unpaired) electrons. The van der Waals surface area contributed by atoms with Crippen LogP contribution in [0.5, 0.6) is 23.0 Å². The summed E-state index contributed by atoms with van der Waals surface area (Å²) < 4.78 is 34.6. The van der Waals surface area contributed by atoms with Crippen LogP contribution >= 0.6 is 0 Å². The Morgan fingerprint density at radius 1 is 1.00 bits per heavy atom. The van der Waals surface area contributed by atoms with E-state index in [1.165, 1.54) is 31.4 Å². The first kappa shape index (κ1) is 22.9. The van der Waals surface area contributed by atoms with Crippen molar-refractivity contribution in [3.05, 3.63) is 77.6 Å². The highest BCUT2D eigenvalue weighted by molar-refractivity contribution is 5.95. The molecule has 0 saturated carbocycles. The topological polar surface area (TPSA) is 86.3 Å². The summed E-state index contributed by atoms with van der Waals surface area (Å²) in [6, 6.07) is 15.7. The third kappa shape index (κ3) is 5.37. The van der Waals surface area contributed by atoms with Gasteiger partial charge in [-0.05, 0) is 60.2 Å². The SMILES string of the molecule is COc1cc(C(=O)N(C)Cc2ccc3c(c2)OCO3)ccc1OCC(=O)Nc1ccc(F)cc1. The number of anilines is 1. The predicted octanol–water partition coefficient (Wildman–Crippen LogP) is 3.85. The number of carbonyl (C=O) groups excluding carboxylic acids is 2. The summed E-state index contributed by atoms with van der Waals surface area (Å²) in [5, 5.41) is 2.61. The highest BCUT2D eigenvalue weighted by atomic mass is 19.1. The zero-order valence-electron chi connectivity index (χ0n) is 18.7. The smallest absolute Gasteiger partial charge is 0.262 e. The second kappa shape index (κ2) is 10.1. The first-order valence-electron chi connectivity index (χ1n) is 10.4. The molecule has 1 heterocycles. The second-order valence-electron chi connectivity index (χ2n) is 7.56. The van der Waals surface area contributed by atoms with Gasteiger partial charge in [-0.3, -0.25) is 9.59 Å². The van der Waals surface area contributed by atoms with Gasteiger partial charge in [0.15, 0.2) is 29.6 Å². The fourth-order valence-corrected chi connectivity index (χ4v) is 3.40. The Morgan fingerprint density at radius 3 is 2.53 bits per heavy atom. The molecule has 0 aromatic heterocycles. The maximum absolute atomic E-state index is 13.0. The van der Waals surface area contributed by atoms with Gasteiger partial charge < -0.3 is 29.2 Å². The van der Waals surface area contributed by atoms with Crippen molar-refractivity contribution in [1.29, 1.82) is 0 Å². The molecule has 3 aromatic rings. The summed E-state index contributed by atoms with van der Waals surface area (Å²) >= 11 is 0. The van der Waals surface area contributed by atoms with Crippen LogP contribution in [0.15, 0.2) is 60.7 Å². The van der Waals surface area contributed by atoms with Crippen molar-refractivity contribution in [3.63, 3.8) is 0 Å². The van der Waals surface area contributed by atoms with Crippen LogP contribution in [-0.4, -0.2) is 44.3 Å². The summed E-state index contributed by atoms with van der Waals surface area (Å²) in [6.07, 6.45) is 0. The van der Waals surface area contributed by atoms with Gasteiger partial charge in [-0.2, -0.15) is 0 Å². The summed E-state index contributed by atoms with van der Waals surface area (Å²) in [5.74, 6) is 0.946. The largest absolute Gasteiger partial charge is 0.493 e. The Hall–Kier alpha value is -4.27. The molecule has 0 spiro atoms. The van der Waals surface area contributed by atoms with E-state index in [9.17, 15) is 14.0 Å². The molecule has 3 aromatic carbocycles. The van der Waals surface area contributed by atoms with Crippen molar-refractivity contribution in [3.8, 4) is 23.0 Å². The Balaban J connectivity index is 1.37. The van der Waals surface area contributed by atoms with E-state index in [-0.39, 0.29) is 19.3 Å². The molecule has 8 nitrogen and oxygen atoms in total. The van der Waals surface area contributed by atoms with E-state index in [0.29, 0.717) is 40.8 Å². The first-order chi connectivity index (χ1) is 16.4. The summed E-state index contributed by atoms with van der Waals surface area (Å²) in [7, 11) is 3.15. The van der Waals surface area contributed by atoms with E-state index in [2.05, 4.69) is 5.32 Å². The fraction of sp³-hybridized carbons (Fsp3) is 0.200. The lowest BCUT2D eigenvalue weighted by atomic mass is 10.1. The minimum absolute atomic E-state index is 0.190. The Labute approximate surface area is 195 Å². The molecular formula is C25H23FN2O6. The Bertz CT molecular complexity index is 1200. The van der Waals surface area contributed by atoms with E-state index in [1.54, 1.807) is 30.1 Å². The van der Waals surface area contributed by atoms with Crippen LogP contribution in [0.25, 0.3) is 0 Å². The summed E-state index contributed by atoms with van der Waals surface area (Å²) in [6.45, 7) is 0.278. The van der Waals surface area contributed by atoms with Crippen molar-refractivity contribution in [2.45, 2.75) is 6.54 Å². The zero-order valence-corrected chi connectivity index (χ0v) is 18.7. The number of nitrogens with one attached hydrogen (secondary N) is 1. The van der Waals surface area contributed by atoms with Crippen LogP contribution in [0.3, 0.4) is 0 Å².